The van der Waals surface area contributed by atoms with Crippen molar-refractivity contribution in [2.24, 2.45) is 5.92 Å². The Morgan fingerprint density at radius 2 is 1.89 bits per heavy atom. The highest BCUT2D eigenvalue weighted by Crippen LogP contribution is 2.46. The van der Waals surface area contributed by atoms with Crippen molar-refractivity contribution in [2.45, 2.75) is 12.8 Å². The molecule has 0 fully saturated rings. The van der Waals surface area contributed by atoms with Gasteiger partial charge in [0.1, 0.15) is 5.92 Å². The summed E-state index contributed by atoms with van der Waals surface area (Å²) in [5.74, 6) is -1.65. The van der Waals surface area contributed by atoms with Crippen molar-refractivity contribution in [3.63, 3.8) is 0 Å². The molecule has 8 heteroatoms. The Kier molecular flexibility index (Phi) is 4.12. The van der Waals surface area contributed by atoms with Crippen molar-refractivity contribution in [1.82, 2.24) is 9.78 Å². The zero-order valence-electron chi connectivity index (χ0n) is 14.9. The summed E-state index contributed by atoms with van der Waals surface area (Å²) in [4.78, 5) is 11.1. The van der Waals surface area contributed by atoms with Crippen LogP contribution in [0.25, 0.3) is 5.69 Å². The van der Waals surface area contributed by atoms with Gasteiger partial charge < -0.3 is 4.74 Å². The molecule has 3 aromatic rings. The summed E-state index contributed by atoms with van der Waals surface area (Å²) in [7, 11) is 0. The third-order valence-corrected chi connectivity index (χ3v) is 4.80. The fraction of sp³-hybridized carbons (Fsp3) is 0.150. The second-order valence-electron chi connectivity index (χ2n) is 6.42. The molecule has 138 valence electrons. The molecule has 2 aromatic carbocycles. The lowest BCUT2D eigenvalue weighted by Crippen LogP contribution is -2.32. The van der Waals surface area contributed by atoms with Gasteiger partial charge in [0.15, 0.2) is 0 Å². The van der Waals surface area contributed by atoms with E-state index in [1.165, 1.54) is 6.07 Å². The van der Waals surface area contributed by atoms with Crippen molar-refractivity contribution in [1.29, 1.82) is 10.7 Å². The van der Waals surface area contributed by atoms with Gasteiger partial charge in [-0.3, -0.25) is 15.5 Å². The number of benzene rings is 2. The molecule has 0 spiro atoms. The highest BCUT2D eigenvalue weighted by Gasteiger charge is 2.43. The molecule has 1 aliphatic heterocycles. The Morgan fingerprint density at radius 1 is 1.21 bits per heavy atom. The molecule has 0 radical (unpaired) electrons. The monoisotopic (exact) mass is 373 g/mol. The minimum absolute atomic E-state index is 0.0970. The first-order chi connectivity index (χ1) is 13.5. The Morgan fingerprint density at radius 3 is 2.57 bits per heavy atom. The maximum atomic E-state index is 11.6. The minimum atomic E-state index is -0.985. The minimum Gasteiger partial charge on any atom is -0.423 e. The molecule has 1 N–H and O–H groups in total. The van der Waals surface area contributed by atoms with E-state index in [4.69, 9.17) is 10.1 Å². The molecule has 1 aromatic heterocycles. The third-order valence-electron chi connectivity index (χ3n) is 4.80. The molecule has 2 unspecified atom stereocenters. The van der Waals surface area contributed by atoms with Crippen LogP contribution in [0.15, 0.2) is 54.6 Å². The number of hydrogen-bond acceptors (Lipinski definition) is 6. The second-order valence-corrected chi connectivity index (χ2v) is 6.42. The lowest BCUT2D eigenvalue weighted by atomic mass is 9.79. The highest BCUT2D eigenvalue weighted by atomic mass is 16.6. The maximum Gasteiger partial charge on any atom is 0.273 e. The number of nitro groups is 1. The number of nitrogens with zero attached hydrogens (tertiary/aromatic N) is 4. The molecule has 8 nitrogen and oxygen atoms in total. The fourth-order valence-corrected chi connectivity index (χ4v) is 3.59. The molecular formula is C20H15N5O3. The van der Waals surface area contributed by atoms with Crippen LogP contribution >= 0.6 is 0 Å². The van der Waals surface area contributed by atoms with Gasteiger partial charge in [0.25, 0.3) is 5.69 Å². The average molecular weight is 373 g/mol. The molecule has 2 heterocycles. The van der Waals surface area contributed by atoms with Crippen LogP contribution in [0.4, 0.5) is 5.69 Å². The number of aryl methyl sites for hydroxylation is 1. The highest BCUT2D eigenvalue weighted by molar-refractivity contribution is 5.85. The number of nitro benzene ring substituents is 1. The number of ether oxygens (including phenoxy) is 1. The van der Waals surface area contributed by atoms with Gasteiger partial charge in [-0.1, -0.05) is 36.4 Å². The number of aromatic nitrogens is 2. The van der Waals surface area contributed by atoms with Crippen LogP contribution in [-0.2, 0) is 0 Å². The predicted molar refractivity (Wildman–Crippen MR) is 101 cm³/mol. The summed E-state index contributed by atoms with van der Waals surface area (Å²) in [6.07, 6.45) is 0. The Balaban J connectivity index is 1.99. The number of hydrogen-bond donors (Lipinski definition) is 1. The molecular weight excluding hydrogens is 358 g/mol. The second kappa shape index (κ2) is 6.63. The first kappa shape index (κ1) is 17.4. The lowest BCUT2D eigenvalue weighted by molar-refractivity contribution is -0.385. The molecule has 0 aliphatic carbocycles. The molecule has 1 aliphatic rings. The molecule has 0 amide bonds. The topological polar surface area (TPSA) is 118 Å². The van der Waals surface area contributed by atoms with E-state index in [2.05, 4.69) is 11.2 Å². The fourth-order valence-electron chi connectivity index (χ4n) is 3.59. The maximum absolute atomic E-state index is 11.6. The van der Waals surface area contributed by atoms with E-state index < -0.39 is 16.8 Å². The van der Waals surface area contributed by atoms with Crippen molar-refractivity contribution in [3.8, 4) is 17.6 Å². The largest absolute Gasteiger partial charge is 0.423 e. The van der Waals surface area contributed by atoms with Crippen LogP contribution in [0.5, 0.6) is 5.88 Å². The van der Waals surface area contributed by atoms with Crippen LogP contribution in [0.2, 0.25) is 0 Å². The number of fused-ring (bicyclic) bond motifs is 1. The Bertz CT molecular complexity index is 1130. The summed E-state index contributed by atoms with van der Waals surface area (Å²) in [5.41, 5.74) is 2.18. The predicted octanol–water partition coefficient (Wildman–Crippen LogP) is 3.73. The quantitative estimate of drug-likeness (QED) is 0.554. The standard InChI is InChI=1S/C20H15N5O3/c1-12-17-18(14-9-5-6-10-16(14)25(26)27)15(11-21)19(22)28-20(17)24(23-12)13-7-3-2-4-8-13/h2-10,15,18,22H,1H3. The number of nitriles is 1. The van der Waals surface area contributed by atoms with Gasteiger partial charge in [-0.15, -0.1) is 0 Å². The molecule has 0 saturated carbocycles. The third kappa shape index (κ3) is 2.61. The van der Waals surface area contributed by atoms with Crippen molar-refractivity contribution in [3.05, 3.63) is 81.5 Å². The van der Waals surface area contributed by atoms with E-state index in [0.717, 1.165) is 5.69 Å². The normalized spacial score (nSPS) is 18.1. The van der Waals surface area contributed by atoms with Crippen molar-refractivity contribution in [2.75, 3.05) is 0 Å². The average Bonchev–Trinajstić information content (AvgIpc) is 3.03. The smallest absolute Gasteiger partial charge is 0.273 e. The summed E-state index contributed by atoms with van der Waals surface area (Å²) in [5, 5.41) is 34.1. The van der Waals surface area contributed by atoms with Gasteiger partial charge in [0.2, 0.25) is 11.8 Å². The molecule has 4 rings (SSSR count). The van der Waals surface area contributed by atoms with Crippen LogP contribution in [-0.4, -0.2) is 20.6 Å². The van der Waals surface area contributed by atoms with Gasteiger partial charge in [0.05, 0.1) is 22.4 Å². The van der Waals surface area contributed by atoms with Gasteiger partial charge >= 0.3 is 0 Å². The summed E-state index contributed by atoms with van der Waals surface area (Å²) >= 11 is 0. The molecule has 0 saturated heterocycles. The van der Waals surface area contributed by atoms with Gasteiger partial charge in [-0.25, -0.2) is 4.68 Å². The van der Waals surface area contributed by atoms with Crippen LogP contribution < -0.4 is 4.74 Å². The zero-order chi connectivity index (χ0) is 19.8. The van der Waals surface area contributed by atoms with Crippen molar-refractivity contribution < 1.29 is 9.66 Å². The molecule has 2 atom stereocenters. The van der Waals surface area contributed by atoms with E-state index in [-0.39, 0.29) is 11.6 Å². The van der Waals surface area contributed by atoms with E-state index >= 15 is 0 Å². The Labute approximate surface area is 160 Å². The van der Waals surface area contributed by atoms with E-state index in [9.17, 15) is 15.4 Å². The number of para-hydroxylation sites is 2. The van der Waals surface area contributed by atoms with Gasteiger partial charge in [-0.2, -0.15) is 10.4 Å². The Hall–Kier alpha value is -3.99. The first-order valence-electron chi connectivity index (χ1n) is 8.57. The van der Waals surface area contributed by atoms with E-state index in [1.807, 2.05) is 30.3 Å². The van der Waals surface area contributed by atoms with Crippen LogP contribution in [0.1, 0.15) is 22.7 Å². The lowest BCUT2D eigenvalue weighted by Gasteiger charge is -2.28. The SMILES string of the molecule is Cc1nn(-c2ccccc2)c2c1C(c1ccccc1[N+](=O)[O-])C(C#N)C(=N)O2. The van der Waals surface area contributed by atoms with Crippen molar-refractivity contribution >= 4 is 11.6 Å². The number of nitrogens with one attached hydrogen (secondary N) is 1. The van der Waals surface area contributed by atoms with E-state index in [1.54, 1.807) is 29.8 Å². The summed E-state index contributed by atoms with van der Waals surface area (Å²) < 4.78 is 7.25. The molecule has 28 heavy (non-hydrogen) atoms. The van der Waals surface area contributed by atoms with Gasteiger partial charge in [0, 0.05) is 23.1 Å². The van der Waals surface area contributed by atoms with Gasteiger partial charge in [-0.05, 0) is 19.1 Å². The number of rotatable bonds is 3. The first-order valence-corrected chi connectivity index (χ1v) is 8.57. The summed E-state index contributed by atoms with van der Waals surface area (Å²) in [6, 6.07) is 17.6. The van der Waals surface area contributed by atoms with Crippen LogP contribution in [0, 0.1) is 39.7 Å². The molecule has 0 bridgehead atoms. The zero-order valence-corrected chi connectivity index (χ0v) is 14.9. The van der Waals surface area contributed by atoms with E-state index in [0.29, 0.717) is 22.7 Å². The van der Waals surface area contributed by atoms with Crippen LogP contribution in [0.3, 0.4) is 0 Å². The summed E-state index contributed by atoms with van der Waals surface area (Å²) in [6.45, 7) is 1.77.